The van der Waals surface area contributed by atoms with Crippen molar-refractivity contribution in [2.24, 2.45) is 0 Å². The molecule has 162 valence electrons. The lowest BCUT2D eigenvalue weighted by molar-refractivity contribution is -0.0257. The van der Waals surface area contributed by atoms with Crippen LogP contribution >= 0.6 is 0 Å². The zero-order chi connectivity index (χ0) is 21.8. The van der Waals surface area contributed by atoms with E-state index >= 15 is 0 Å². The predicted octanol–water partition coefficient (Wildman–Crippen LogP) is 1.72. The average Bonchev–Trinajstić information content (AvgIpc) is 3.30. The van der Waals surface area contributed by atoms with E-state index in [9.17, 15) is 9.59 Å². The fourth-order valence-electron chi connectivity index (χ4n) is 3.56. The van der Waals surface area contributed by atoms with E-state index in [-0.39, 0.29) is 37.3 Å². The summed E-state index contributed by atoms with van der Waals surface area (Å²) in [5, 5.41) is 16.3. The Morgan fingerprint density at radius 2 is 2.13 bits per heavy atom. The molecule has 3 aromatic rings. The molecule has 0 bridgehead atoms. The van der Waals surface area contributed by atoms with Crippen molar-refractivity contribution in [1.29, 1.82) is 0 Å². The van der Waals surface area contributed by atoms with Gasteiger partial charge in [0.15, 0.2) is 0 Å². The minimum Gasteiger partial charge on any atom is -0.395 e. The Bertz CT molecular complexity index is 1100. The smallest absolute Gasteiger partial charge is 0.292 e. The first-order chi connectivity index (χ1) is 15.1. The Balaban J connectivity index is 1.61. The number of hydrogen-bond donors (Lipinski definition) is 2. The number of ether oxygens (including phenoxy) is 1. The number of carbonyl (C=O) groups excluding carboxylic acids is 2. The molecule has 0 aliphatic carbocycles. The van der Waals surface area contributed by atoms with Gasteiger partial charge < -0.3 is 24.6 Å². The molecule has 2 aromatic heterocycles. The summed E-state index contributed by atoms with van der Waals surface area (Å²) in [4.78, 5) is 31.8. The first-order valence-electron chi connectivity index (χ1n) is 10.3. The number of aryl methyl sites for hydroxylation is 1. The van der Waals surface area contributed by atoms with E-state index < -0.39 is 6.10 Å². The van der Waals surface area contributed by atoms with Crippen molar-refractivity contribution in [3.8, 4) is 0 Å². The lowest BCUT2D eigenvalue weighted by Crippen LogP contribution is -2.42. The normalized spacial score (nSPS) is 16.5. The van der Waals surface area contributed by atoms with Gasteiger partial charge in [-0.1, -0.05) is 30.3 Å². The van der Waals surface area contributed by atoms with E-state index in [0.29, 0.717) is 41.7 Å². The van der Waals surface area contributed by atoms with Crippen LogP contribution < -0.4 is 5.32 Å². The van der Waals surface area contributed by atoms with Crippen LogP contribution in [0.5, 0.6) is 0 Å². The Morgan fingerprint density at radius 3 is 2.90 bits per heavy atom. The van der Waals surface area contributed by atoms with Crippen LogP contribution in [0.1, 0.15) is 45.3 Å². The number of carbonyl (C=O) groups is 2. The molecule has 3 heterocycles. The van der Waals surface area contributed by atoms with Crippen LogP contribution in [0.3, 0.4) is 0 Å². The quantitative estimate of drug-likeness (QED) is 0.619. The molecule has 0 spiro atoms. The van der Waals surface area contributed by atoms with Crippen LogP contribution in [0.25, 0.3) is 10.9 Å². The monoisotopic (exact) mass is 424 g/mol. The largest absolute Gasteiger partial charge is 0.395 e. The van der Waals surface area contributed by atoms with Gasteiger partial charge in [-0.3, -0.25) is 9.59 Å². The van der Waals surface area contributed by atoms with Gasteiger partial charge in [-0.05, 0) is 18.6 Å². The van der Waals surface area contributed by atoms with Crippen LogP contribution in [-0.4, -0.2) is 64.8 Å². The van der Waals surface area contributed by atoms with Gasteiger partial charge >= 0.3 is 0 Å². The molecule has 9 nitrogen and oxygen atoms in total. The second-order valence-electron chi connectivity index (χ2n) is 7.24. The molecule has 0 radical (unpaired) electrons. The molecule has 1 aromatic carbocycles. The van der Waals surface area contributed by atoms with Gasteiger partial charge in [0.2, 0.25) is 5.76 Å². The van der Waals surface area contributed by atoms with Gasteiger partial charge in [-0.25, -0.2) is 4.98 Å². The molecule has 1 aliphatic rings. The number of amides is 2. The summed E-state index contributed by atoms with van der Waals surface area (Å²) in [7, 11) is 0. The number of nitrogens with one attached hydrogen (secondary N) is 1. The summed E-state index contributed by atoms with van der Waals surface area (Å²) in [6.45, 7) is 3.00. The molecule has 2 N–H and O–H groups in total. The highest BCUT2D eigenvalue weighted by atomic mass is 16.5. The van der Waals surface area contributed by atoms with E-state index in [1.807, 2.05) is 31.2 Å². The van der Waals surface area contributed by atoms with Gasteiger partial charge in [0.25, 0.3) is 11.8 Å². The molecule has 1 atom stereocenters. The maximum atomic E-state index is 12.8. The van der Waals surface area contributed by atoms with Crippen molar-refractivity contribution in [3.05, 3.63) is 59.1 Å². The maximum Gasteiger partial charge on any atom is 0.292 e. The highest BCUT2D eigenvalue weighted by molar-refractivity contribution is 6.06. The van der Waals surface area contributed by atoms with E-state index in [0.717, 1.165) is 5.69 Å². The third-order valence-corrected chi connectivity index (χ3v) is 5.19. The minimum atomic E-state index is -0.486. The maximum absolute atomic E-state index is 12.8. The lowest BCUT2D eigenvalue weighted by Gasteiger charge is -2.32. The summed E-state index contributed by atoms with van der Waals surface area (Å²) in [6, 6.07) is 10.7. The Hall–Kier alpha value is -3.30. The molecular weight excluding hydrogens is 400 g/mol. The number of benzene rings is 1. The predicted molar refractivity (Wildman–Crippen MR) is 112 cm³/mol. The Kier molecular flexibility index (Phi) is 6.24. The number of hydrogen-bond acceptors (Lipinski definition) is 7. The molecule has 0 saturated carbocycles. The highest BCUT2D eigenvalue weighted by Gasteiger charge is 2.30. The van der Waals surface area contributed by atoms with Gasteiger partial charge in [0, 0.05) is 24.5 Å². The Labute approximate surface area is 179 Å². The molecule has 1 fully saturated rings. The summed E-state index contributed by atoms with van der Waals surface area (Å²) in [5.74, 6) is -0.346. The molecule has 4 rings (SSSR count). The zero-order valence-corrected chi connectivity index (χ0v) is 17.2. The number of morpholine rings is 1. The standard InChI is InChI=1S/C22H24N4O5/c1-2-14-11-19(31-25-14)22(29)26-8-10-30-20(13-26)18-12-16(21(28)23-7-9-27)15-5-3-4-6-17(15)24-18/h3-6,11-12,20,27H,2,7-10,13H2,1H3,(H,23,28)/t20-/m0/s1. The van der Waals surface area contributed by atoms with E-state index in [1.54, 1.807) is 17.0 Å². The second-order valence-corrected chi connectivity index (χ2v) is 7.24. The van der Waals surface area contributed by atoms with Crippen LogP contribution in [0.15, 0.2) is 40.9 Å². The van der Waals surface area contributed by atoms with Crippen LogP contribution in [0.2, 0.25) is 0 Å². The SMILES string of the molecule is CCc1cc(C(=O)N2CCO[C@H](c3cc(C(=O)NCCO)c4ccccc4n3)C2)on1. The fourth-order valence-corrected chi connectivity index (χ4v) is 3.56. The van der Waals surface area contributed by atoms with Crippen LogP contribution in [-0.2, 0) is 11.2 Å². The Morgan fingerprint density at radius 1 is 1.29 bits per heavy atom. The van der Waals surface area contributed by atoms with Gasteiger partial charge in [0.05, 0.1) is 42.2 Å². The number of para-hydroxylation sites is 1. The number of aromatic nitrogens is 2. The second kappa shape index (κ2) is 9.23. The molecule has 1 aliphatic heterocycles. The lowest BCUT2D eigenvalue weighted by atomic mass is 10.0. The number of rotatable bonds is 6. The number of aliphatic hydroxyl groups is 1. The summed E-state index contributed by atoms with van der Waals surface area (Å²) >= 11 is 0. The average molecular weight is 424 g/mol. The minimum absolute atomic E-state index is 0.147. The summed E-state index contributed by atoms with van der Waals surface area (Å²) in [5.41, 5.74) is 2.40. The van der Waals surface area contributed by atoms with Crippen molar-refractivity contribution in [1.82, 2.24) is 20.4 Å². The molecule has 31 heavy (non-hydrogen) atoms. The first-order valence-corrected chi connectivity index (χ1v) is 10.3. The first kappa shape index (κ1) is 21.0. The topological polar surface area (TPSA) is 118 Å². The van der Waals surface area contributed by atoms with Crippen molar-refractivity contribution in [2.75, 3.05) is 32.8 Å². The third kappa shape index (κ3) is 4.42. The summed E-state index contributed by atoms with van der Waals surface area (Å²) in [6.07, 6.45) is 0.199. The number of fused-ring (bicyclic) bond motifs is 1. The molecule has 2 amide bonds. The summed E-state index contributed by atoms with van der Waals surface area (Å²) < 4.78 is 11.1. The molecule has 9 heteroatoms. The van der Waals surface area contributed by atoms with E-state index in [1.165, 1.54) is 0 Å². The molecule has 1 saturated heterocycles. The number of aliphatic hydroxyl groups excluding tert-OH is 1. The van der Waals surface area contributed by atoms with Crippen molar-refractivity contribution < 1.29 is 24.0 Å². The van der Waals surface area contributed by atoms with Crippen LogP contribution in [0.4, 0.5) is 0 Å². The fraction of sp³-hybridized carbons (Fsp3) is 0.364. The van der Waals surface area contributed by atoms with E-state index in [4.69, 9.17) is 14.4 Å². The van der Waals surface area contributed by atoms with Crippen molar-refractivity contribution in [3.63, 3.8) is 0 Å². The van der Waals surface area contributed by atoms with Crippen molar-refractivity contribution in [2.45, 2.75) is 19.4 Å². The highest BCUT2D eigenvalue weighted by Crippen LogP contribution is 2.27. The number of pyridine rings is 1. The molecule has 0 unspecified atom stereocenters. The zero-order valence-electron chi connectivity index (χ0n) is 17.2. The third-order valence-electron chi connectivity index (χ3n) is 5.19. The van der Waals surface area contributed by atoms with E-state index in [2.05, 4.69) is 15.5 Å². The molecular formula is C22H24N4O5. The van der Waals surface area contributed by atoms with Gasteiger partial charge in [0.1, 0.15) is 6.10 Å². The van der Waals surface area contributed by atoms with Crippen molar-refractivity contribution >= 4 is 22.7 Å². The van der Waals surface area contributed by atoms with Crippen LogP contribution in [0, 0.1) is 0 Å². The number of nitrogens with zero attached hydrogens (tertiary/aromatic N) is 3. The van der Waals surface area contributed by atoms with Gasteiger partial charge in [-0.15, -0.1) is 0 Å². The van der Waals surface area contributed by atoms with Gasteiger partial charge in [-0.2, -0.15) is 0 Å².